The van der Waals surface area contributed by atoms with Crippen LogP contribution in [0.3, 0.4) is 0 Å². The van der Waals surface area contributed by atoms with E-state index in [1.807, 2.05) is 30.3 Å². The zero-order valence-electron chi connectivity index (χ0n) is 9.98. The Hall–Kier alpha value is -1.75. The lowest BCUT2D eigenvalue weighted by atomic mass is 10.2. The highest BCUT2D eigenvalue weighted by molar-refractivity contribution is 9.10. The molecule has 5 heteroatoms. The molecule has 0 unspecified atom stereocenters. The first kappa shape index (κ1) is 12.7. The summed E-state index contributed by atoms with van der Waals surface area (Å²) in [5.41, 5.74) is 8.53. The standard InChI is InChI=1S/C13H14BrN3O/c1-18-13-6-9(4-5-16-13)8-17-12-3-2-10(15)7-11(12)14/h2-7,17H,8,15H2,1H3. The van der Waals surface area contributed by atoms with Crippen LogP contribution in [-0.4, -0.2) is 12.1 Å². The van der Waals surface area contributed by atoms with Crippen LogP contribution in [0, 0.1) is 0 Å². The fraction of sp³-hybridized carbons (Fsp3) is 0.154. The van der Waals surface area contributed by atoms with Gasteiger partial charge in [-0.05, 0) is 45.8 Å². The van der Waals surface area contributed by atoms with Crippen LogP contribution >= 0.6 is 15.9 Å². The van der Waals surface area contributed by atoms with Gasteiger partial charge in [0.05, 0.1) is 7.11 Å². The third-order valence-corrected chi connectivity index (χ3v) is 3.14. The molecule has 3 N–H and O–H groups in total. The van der Waals surface area contributed by atoms with Crippen LogP contribution in [0.4, 0.5) is 11.4 Å². The number of halogens is 1. The molecule has 0 saturated heterocycles. The molecule has 0 amide bonds. The SMILES string of the molecule is COc1cc(CNc2ccc(N)cc2Br)ccn1. The van der Waals surface area contributed by atoms with Crippen LogP contribution in [0.2, 0.25) is 0 Å². The van der Waals surface area contributed by atoms with Crippen molar-refractivity contribution in [2.24, 2.45) is 0 Å². The number of aromatic nitrogens is 1. The number of nitrogens with two attached hydrogens (primary N) is 1. The van der Waals surface area contributed by atoms with Gasteiger partial charge in [0.2, 0.25) is 5.88 Å². The Labute approximate surface area is 114 Å². The summed E-state index contributed by atoms with van der Waals surface area (Å²) in [7, 11) is 1.61. The number of anilines is 2. The summed E-state index contributed by atoms with van der Waals surface area (Å²) in [4.78, 5) is 4.07. The van der Waals surface area contributed by atoms with Crippen LogP contribution < -0.4 is 15.8 Å². The molecule has 2 rings (SSSR count). The molecule has 0 saturated carbocycles. The molecular weight excluding hydrogens is 294 g/mol. The van der Waals surface area contributed by atoms with Gasteiger partial charge < -0.3 is 15.8 Å². The maximum atomic E-state index is 5.69. The van der Waals surface area contributed by atoms with E-state index in [1.54, 1.807) is 13.3 Å². The second-order valence-electron chi connectivity index (χ2n) is 3.80. The van der Waals surface area contributed by atoms with Crippen LogP contribution in [0.15, 0.2) is 41.0 Å². The molecule has 0 aliphatic carbocycles. The molecule has 2 aromatic rings. The first-order valence-electron chi connectivity index (χ1n) is 5.47. The van der Waals surface area contributed by atoms with Crippen LogP contribution in [-0.2, 0) is 6.54 Å². The molecule has 1 aromatic heterocycles. The predicted octanol–water partition coefficient (Wildman–Crippen LogP) is 3.05. The Balaban J connectivity index is 2.06. The number of benzene rings is 1. The van der Waals surface area contributed by atoms with Gasteiger partial charge >= 0.3 is 0 Å². The molecule has 0 fully saturated rings. The van der Waals surface area contributed by atoms with Gasteiger partial charge in [0.25, 0.3) is 0 Å². The van der Waals surface area contributed by atoms with E-state index in [9.17, 15) is 0 Å². The lowest BCUT2D eigenvalue weighted by Crippen LogP contribution is -2.01. The van der Waals surface area contributed by atoms with Crippen molar-refractivity contribution in [3.63, 3.8) is 0 Å². The fourth-order valence-electron chi connectivity index (χ4n) is 1.54. The maximum absolute atomic E-state index is 5.69. The number of methoxy groups -OCH3 is 1. The predicted molar refractivity (Wildman–Crippen MR) is 76.7 cm³/mol. The second kappa shape index (κ2) is 5.73. The second-order valence-corrected chi connectivity index (χ2v) is 4.65. The van der Waals surface area contributed by atoms with Crippen LogP contribution in [0.1, 0.15) is 5.56 Å². The normalized spacial score (nSPS) is 10.1. The molecule has 1 heterocycles. The Morgan fingerprint density at radius 1 is 1.33 bits per heavy atom. The summed E-state index contributed by atoms with van der Waals surface area (Å²) in [6.07, 6.45) is 1.73. The number of nitrogens with zero attached hydrogens (tertiary/aromatic N) is 1. The third kappa shape index (κ3) is 3.13. The van der Waals surface area contributed by atoms with E-state index in [0.29, 0.717) is 12.4 Å². The highest BCUT2D eigenvalue weighted by Crippen LogP contribution is 2.25. The van der Waals surface area contributed by atoms with E-state index in [0.717, 1.165) is 21.4 Å². The van der Waals surface area contributed by atoms with Crippen LogP contribution in [0.25, 0.3) is 0 Å². The molecule has 0 spiro atoms. The van der Waals surface area contributed by atoms with E-state index >= 15 is 0 Å². The van der Waals surface area contributed by atoms with Gasteiger partial charge in [0.15, 0.2) is 0 Å². The minimum absolute atomic E-state index is 0.616. The van der Waals surface area contributed by atoms with E-state index in [2.05, 4.69) is 26.2 Å². The zero-order chi connectivity index (χ0) is 13.0. The van der Waals surface area contributed by atoms with E-state index in [4.69, 9.17) is 10.5 Å². The minimum atomic E-state index is 0.616. The zero-order valence-corrected chi connectivity index (χ0v) is 11.6. The van der Waals surface area contributed by atoms with Gasteiger partial charge in [-0.1, -0.05) is 0 Å². The van der Waals surface area contributed by atoms with Crippen molar-refractivity contribution in [2.75, 3.05) is 18.2 Å². The summed E-state index contributed by atoms with van der Waals surface area (Å²) in [5, 5.41) is 3.32. The quantitative estimate of drug-likeness (QED) is 0.852. The van der Waals surface area contributed by atoms with Gasteiger partial charge in [-0.3, -0.25) is 0 Å². The van der Waals surface area contributed by atoms with Crippen LogP contribution in [0.5, 0.6) is 5.88 Å². The smallest absolute Gasteiger partial charge is 0.213 e. The van der Waals surface area contributed by atoms with Crippen molar-refractivity contribution < 1.29 is 4.74 Å². The lowest BCUT2D eigenvalue weighted by Gasteiger charge is -2.09. The van der Waals surface area contributed by atoms with Gasteiger partial charge in [0.1, 0.15) is 0 Å². The number of hydrogen-bond donors (Lipinski definition) is 2. The van der Waals surface area contributed by atoms with Gasteiger partial charge in [-0.15, -0.1) is 0 Å². The number of rotatable bonds is 4. The molecule has 0 bridgehead atoms. The Morgan fingerprint density at radius 3 is 2.89 bits per heavy atom. The van der Waals surface area contributed by atoms with Gasteiger partial charge in [-0.2, -0.15) is 0 Å². The molecule has 0 aliphatic rings. The summed E-state index contributed by atoms with van der Waals surface area (Å²) in [6, 6.07) is 9.52. The number of nitrogens with one attached hydrogen (secondary N) is 1. The van der Waals surface area contributed by atoms with Crippen molar-refractivity contribution in [2.45, 2.75) is 6.54 Å². The Kier molecular flexibility index (Phi) is 4.04. The Bertz CT molecular complexity index is 546. The van der Waals surface area contributed by atoms with Crippen molar-refractivity contribution in [1.82, 2.24) is 4.98 Å². The summed E-state index contributed by atoms with van der Waals surface area (Å²) < 4.78 is 6.03. The number of pyridine rings is 1. The van der Waals surface area contributed by atoms with E-state index in [-0.39, 0.29) is 0 Å². The number of hydrogen-bond acceptors (Lipinski definition) is 4. The summed E-state index contributed by atoms with van der Waals surface area (Å²) in [6.45, 7) is 0.696. The molecule has 0 aliphatic heterocycles. The highest BCUT2D eigenvalue weighted by atomic mass is 79.9. The van der Waals surface area contributed by atoms with Crippen molar-refractivity contribution in [3.8, 4) is 5.88 Å². The van der Waals surface area contributed by atoms with Gasteiger partial charge in [-0.25, -0.2) is 4.98 Å². The average Bonchev–Trinajstić information content (AvgIpc) is 2.38. The summed E-state index contributed by atoms with van der Waals surface area (Å²) >= 11 is 3.47. The van der Waals surface area contributed by atoms with Gasteiger partial charge in [0, 0.05) is 34.7 Å². The van der Waals surface area contributed by atoms with Crippen molar-refractivity contribution in [1.29, 1.82) is 0 Å². The minimum Gasteiger partial charge on any atom is -0.481 e. The monoisotopic (exact) mass is 307 g/mol. The molecule has 0 radical (unpaired) electrons. The maximum Gasteiger partial charge on any atom is 0.213 e. The number of nitrogen functional groups attached to an aromatic ring is 1. The Morgan fingerprint density at radius 2 is 2.17 bits per heavy atom. The third-order valence-electron chi connectivity index (χ3n) is 2.48. The van der Waals surface area contributed by atoms with E-state index < -0.39 is 0 Å². The first-order valence-corrected chi connectivity index (χ1v) is 6.26. The number of ether oxygens (including phenoxy) is 1. The lowest BCUT2D eigenvalue weighted by molar-refractivity contribution is 0.397. The molecule has 18 heavy (non-hydrogen) atoms. The molecule has 0 atom stereocenters. The fourth-order valence-corrected chi connectivity index (χ4v) is 2.08. The molecule has 1 aromatic carbocycles. The first-order chi connectivity index (χ1) is 8.69. The van der Waals surface area contributed by atoms with Crippen molar-refractivity contribution in [3.05, 3.63) is 46.6 Å². The highest BCUT2D eigenvalue weighted by Gasteiger charge is 2.01. The molecule has 4 nitrogen and oxygen atoms in total. The van der Waals surface area contributed by atoms with E-state index in [1.165, 1.54) is 0 Å². The molecular formula is C13H14BrN3O. The average molecular weight is 308 g/mol. The molecule has 94 valence electrons. The summed E-state index contributed by atoms with van der Waals surface area (Å²) in [5.74, 6) is 0.616. The largest absolute Gasteiger partial charge is 0.481 e. The topological polar surface area (TPSA) is 60.2 Å². The van der Waals surface area contributed by atoms with Crippen molar-refractivity contribution >= 4 is 27.3 Å².